The van der Waals surface area contributed by atoms with Crippen LogP contribution in [0.5, 0.6) is 0 Å². The van der Waals surface area contributed by atoms with Crippen molar-refractivity contribution < 1.29 is 13.2 Å². The molecule has 1 fully saturated rings. The summed E-state index contributed by atoms with van der Waals surface area (Å²) in [5.41, 5.74) is 1.08. The smallest absolute Gasteiger partial charge is 0.188 e. The van der Waals surface area contributed by atoms with Gasteiger partial charge in [0.05, 0.1) is 4.90 Å². The van der Waals surface area contributed by atoms with Gasteiger partial charge in [-0.25, -0.2) is 8.42 Å². The summed E-state index contributed by atoms with van der Waals surface area (Å²) in [6.45, 7) is 0. The molecule has 22 heavy (non-hydrogen) atoms. The van der Waals surface area contributed by atoms with Gasteiger partial charge in [-0.1, -0.05) is 48.5 Å². The monoisotopic (exact) mass is 314 g/mol. The number of rotatable bonds is 4. The van der Waals surface area contributed by atoms with Crippen LogP contribution in [0, 0.1) is 5.92 Å². The average Bonchev–Trinajstić information content (AvgIpc) is 2.90. The van der Waals surface area contributed by atoms with Gasteiger partial charge in [0.25, 0.3) is 0 Å². The minimum atomic E-state index is -3.61. The molecular formula is C18H18O3S. The Morgan fingerprint density at radius 3 is 2.14 bits per heavy atom. The minimum Gasteiger partial charge on any atom is -0.298 e. The van der Waals surface area contributed by atoms with Crippen molar-refractivity contribution >= 4 is 15.6 Å². The molecule has 0 unspecified atom stereocenters. The first-order valence-corrected chi connectivity index (χ1v) is 8.99. The molecule has 0 spiro atoms. The number of carbonyl (C=O) groups is 1. The molecule has 0 radical (unpaired) electrons. The van der Waals surface area contributed by atoms with E-state index in [0.717, 1.165) is 5.56 Å². The van der Waals surface area contributed by atoms with Crippen molar-refractivity contribution in [2.45, 2.75) is 29.4 Å². The summed E-state index contributed by atoms with van der Waals surface area (Å²) >= 11 is 0. The summed E-state index contributed by atoms with van der Waals surface area (Å²) in [5.74, 6) is -0.287. The molecule has 0 N–H and O–H groups in total. The molecule has 114 valence electrons. The molecule has 2 aromatic rings. The molecule has 3 rings (SSSR count). The quantitative estimate of drug-likeness (QED) is 0.871. The maximum Gasteiger partial charge on any atom is 0.188 e. The number of benzene rings is 2. The number of Topliss-reactive ketones (excluding diaryl/α,β-unsaturated/α-hetero) is 1. The van der Waals surface area contributed by atoms with Crippen molar-refractivity contribution in [2.75, 3.05) is 0 Å². The zero-order valence-electron chi connectivity index (χ0n) is 12.2. The summed E-state index contributed by atoms with van der Waals surface area (Å²) in [5, 5.41) is -0.907. The molecule has 3 nitrogen and oxygen atoms in total. The van der Waals surface area contributed by atoms with Gasteiger partial charge < -0.3 is 0 Å². The average molecular weight is 314 g/mol. The lowest BCUT2D eigenvalue weighted by atomic mass is 9.98. The predicted molar refractivity (Wildman–Crippen MR) is 85.3 cm³/mol. The Hall–Kier alpha value is -1.94. The van der Waals surface area contributed by atoms with Crippen molar-refractivity contribution in [1.29, 1.82) is 0 Å². The Morgan fingerprint density at radius 2 is 1.50 bits per heavy atom. The van der Waals surface area contributed by atoms with Gasteiger partial charge in [-0.2, -0.15) is 0 Å². The van der Waals surface area contributed by atoms with Gasteiger partial charge in [0, 0.05) is 6.42 Å². The van der Waals surface area contributed by atoms with Crippen LogP contribution in [-0.4, -0.2) is 19.5 Å². The Morgan fingerprint density at radius 1 is 0.909 bits per heavy atom. The summed E-state index contributed by atoms with van der Waals surface area (Å²) in [7, 11) is -3.61. The van der Waals surface area contributed by atoms with Crippen molar-refractivity contribution in [3.63, 3.8) is 0 Å². The SMILES string of the molecule is O=C1CC[C@H](Cc2ccccc2)[C@H]1S(=O)(=O)c1ccccc1. The number of hydrogen-bond donors (Lipinski definition) is 0. The van der Waals surface area contributed by atoms with E-state index in [0.29, 0.717) is 19.3 Å². The Labute approximate surface area is 130 Å². The number of sulfone groups is 1. The Bertz CT molecular complexity index is 751. The summed E-state index contributed by atoms with van der Waals surface area (Å²) in [4.78, 5) is 12.5. The van der Waals surface area contributed by atoms with Crippen molar-refractivity contribution in [1.82, 2.24) is 0 Å². The summed E-state index contributed by atoms with van der Waals surface area (Å²) in [6, 6.07) is 18.1. The van der Waals surface area contributed by atoms with Gasteiger partial charge in [-0.15, -0.1) is 0 Å². The van der Waals surface area contributed by atoms with Gasteiger partial charge >= 0.3 is 0 Å². The molecular weight excluding hydrogens is 296 g/mol. The fourth-order valence-electron chi connectivity index (χ4n) is 3.19. The molecule has 4 heteroatoms. The molecule has 0 aliphatic heterocycles. The third kappa shape index (κ3) is 2.83. The van der Waals surface area contributed by atoms with E-state index in [9.17, 15) is 13.2 Å². The maximum atomic E-state index is 12.8. The third-order valence-corrected chi connectivity index (χ3v) is 6.50. The van der Waals surface area contributed by atoms with Crippen LogP contribution in [0.15, 0.2) is 65.6 Å². The van der Waals surface area contributed by atoms with Crippen LogP contribution in [0.25, 0.3) is 0 Å². The lowest BCUT2D eigenvalue weighted by Gasteiger charge is -2.19. The highest BCUT2D eigenvalue weighted by atomic mass is 32.2. The molecule has 0 amide bonds. The van der Waals surface area contributed by atoms with Gasteiger partial charge in [0.1, 0.15) is 5.25 Å². The van der Waals surface area contributed by atoms with Crippen LogP contribution in [0.1, 0.15) is 18.4 Å². The molecule has 1 aliphatic carbocycles. The zero-order valence-corrected chi connectivity index (χ0v) is 13.0. The molecule has 0 heterocycles. The third-order valence-electron chi connectivity index (χ3n) is 4.25. The molecule has 0 aromatic heterocycles. The van der Waals surface area contributed by atoms with E-state index in [4.69, 9.17) is 0 Å². The van der Waals surface area contributed by atoms with Crippen LogP contribution in [0.4, 0.5) is 0 Å². The molecule has 1 saturated carbocycles. The fraction of sp³-hybridized carbons (Fsp3) is 0.278. The highest BCUT2D eigenvalue weighted by Crippen LogP contribution is 2.34. The number of hydrogen-bond acceptors (Lipinski definition) is 3. The fourth-order valence-corrected chi connectivity index (χ4v) is 5.23. The largest absolute Gasteiger partial charge is 0.298 e. The predicted octanol–water partition coefficient (Wildman–Crippen LogP) is 3.05. The van der Waals surface area contributed by atoms with Gasteiger partial charge in [0.15, 0.2) is 15.6 Å². The Balaban J connectivity index is 1.91. The van der Waals surface area contributed by atoms with Gasteiger partial charge in [0.2, 0.25) is 0 Å². The van der Waals surface area contributed by atoms with Crippen LogP contribution in [-0.2, 0) is 21.1 Å². The lowest BCUT2D eigenvalue weighted by molar-refractivity contribution is -0.117. The normalized spacial score (nSPS) is 21.9. The van der Waals surface area contributed by atoms with Crippen LogP contribution >= 0.6 is 0 Å². The molecule has 0 bridgehead atoms. The molecule has 1 aliphatic rings. The summed E-state index contributed by atoms with van der Waals surface area (Å²) < 4.78 is 25.6. The Kier molecular flexibility index (Phi) is 4.12. The lowest BCUT2D eigenvalue weighted by Crippen LogP contribution is -2.32. The molecule has 0 saturated heterocycles. The van der Waals surface area contributed by atoms with E-state index in [1.54, 1.807) is 30.3 Å². The van der Waals surface area contributed by atoms with Crippen molar-refractivity contribution in [2.24, 2.45) is 5.92 Å². The minimum absolute atomic E-state index is 0.139. The highest BCUT2D eigenvalue weighted by Gasteiger charge is 2.44. The van der Waals surface area contributed by atoms with E-state index in [2.05, 4.69) is 0 Å². The van der Waals surface area contributed by atoms with E-state index in [1.165, 1.54) is 0 Å². The van der Waals surface area contributed by atoms with E-state index in [1.807, 2.05) is 30.3 Å². The van der Waals surface area contributed by atoms with Crippen molar-refractivity contribution in [3.8, 4) is 0 Å². The van der Waals surface area contributed by atoms with Crippen LogP contribution in [0.2, 0.25) is 0 Å². The van der Waals surface area contributed by atoms with Gasteiger partial charge in [-0.3, -0.25) is 4.79 Å². The first-order chi connectivity index (χ1) is 10.6. The van der Waals surface area contributed by atoms with E-state index >= 15 is 0 Å². The van der Waals surface area contributed by atoms with Crippen LogP contribution < -0.4 is 0 Å². The van der Waals surface area contributed by atoms with E-state index in [-0.39, 0.29) is 16.6 Å². The number of ketones is 1. The maximum absolute atomic E-state index is 12.8. The standard InChI is InChI=1S/C18H18O3S/c19-17-12-11-15(13-14-7-3-1-4-8-14)18(17)22(20,21)16-9-5-2-6-10-16/h1-10,15,18H,11-13H2/t15-,18-/m1/s1. The second kappa shape index (κ2) is 6.05. The molecule has 2 atom stereocenters. The number of carbonyl (C=O) groups excluding carboxylic acids is 1. The summed E-state index contributed by atoms with van der Waals surface area (Å²) in [6.07, 6.45) is 1.63. The second-order valence-electron chi connectivity index (χ2n) is 5.73. The zero-order chi connectivity index (χ0) is 15.6. The second-order valence-corrected chi connectivity index (χ2v) is 7.80. The molecule has 2 aromatic carbocycles. The highest BCUT2D eigenvalue weighted by molar-refractivity contribution is 7.92. The van der Waals surface area contributed by atoms with Gasteiger partial charge in [-0.05, 0) is 36.5 Å². The topological polar surface area (TPSA) is 51.2 Å². The first-order valence-electron chi connectivity index (χ1n) is 7.44. The van der Waals surface area contributed by atoms with Crippen molar-refractivity contribution in [3.05, 3.63) is 66.2 Å². The van der Waals surface area contributed by atoms with Crippen LogP contribution in [0.3, 0.4) is 0 Å². The van der Waals surface area contributed by atoms with E-state index < -0.39 is 15.1 Å². The first kappa shape index (κ1) is 15.0.